The quantitative estimate of drug-likeness (QED) is 0.460. The molecule has 0 aliphatic carbocycles. The summed E-state index contributed by atoms with van der Waals surface area (Å²) in [7, 11) is -1.03. The van der Waals surface area contributed by atoms with Crippen LogP contribution in [0.3, 0.4) is 0 Å². The third-order valence-corrected chi connectivity index (χ3v) is 0.158. The Kier molecular flexibility index (Phi) is 6.91. The topological polar surface area (TPSA) is 46.5 Å². The molecular weight excluding hydrogens is 138 g/mol. The number of aliphatic imine (C=N–C) groups is 1. The third-order valence-electron chi connectivity index (χ3n) is 0.158. The van der Waals surface area contributed by atoms with E-state index in [4.69, 9.17) is 0 Å². The van der Waals surface area contributed by atoms with Gasteiger partial charge in [-0.2, -0.15) is 0 Å². The van der Waals surface area contributed by atoms with Crippen molar-refractivity contribution in [2.75, 3.05) is 19.6 Å². The summed E-state index contributed by atoms with van der Waals surface area (Å²) in [6.45, 7) is 3.19. The van der Waals surface area contributed by atoms with Gasteiger partial charge in [-0.3, -0.25) is 0 Å². The molecule has 0 saturated heterocycles. The van der Waals surface area contributed by atoms with Gasteiger partial charge < -0.3 is 0 Å². The maximum absolute atomic E-state index is 9.63. The molecule has 0 N–H and O–H groups in total. The molecule has 0 heterocycles. The van der Waals surface area contributed by atoms with Gasteiger partial charge in [0.2, 0.25) is 0 Å². The van der Waals surface area contributed by atoms with Crippen molar-refractivity contribution < 1.29 is 8.42 Å². The molecule has 0 bridgehead atoms. The molecule has 0 atom stereocenters. The molecule has 0 rings (SSSR count). The van der Waals surface area contributed by atoms with Crippen LogP contribution in [0.25, 0.3) is 0 Å². The van der Waals surface area contributed by atoms with Crippen LogP contribution in [-0.4, -0.2) is 33.8 Å². The molecule has 0 spiro atoms. The van der Waals surface area contributed by atoms with Gasteiger partial charge in [0.25, 0.3) is 0 Å². The third kappa shape index (κ3) is 1350. The summed E-state index contributed by atoms with van der Waals surface area (Å²) < 4.78 is 19.3. The Morgan fingerprint density at radius 2 is 1.56 bits per heavy atom. The highest BCUT2D eigenvalue weighted by Crippen LogP contribution is 1.61. The van der Waals surface area contributed by atoms with E-state index in [0.717, 1.165) is 12.5 Å². The van der Waals surface area contributed by atoms with E-state index in [2.05, 4.69) is 17.4 Å². The second-order valence-corrected chi connectivity index (χ2v) is 3.81. The molecule has 0 unspecified atom stereocenters. The Morgan fingerprint density at radius 3 is 1.56 bits per heavy atom. The molecule has 4 heteroatoms. The standard InChI is InChI=1S/C3H5N.C2H6O2S/c1-3-4-2;1-5(2,3)4/h1H2,2H3;1-2H3. The molecule has 0 aromatic heterocycles. The summed E-state index contributed by atoms with van der Waals surface area (Å²) in [6.07, 6.45) is 2.32. The molecule has 0 aromatic carbocycles. The minimum absolute atomic E-state index is 1.16. The molecule has 0 fully saturated rings. The maximum Gasteiger partial charge on any atom is 0.144 e. The summed E-state index contributed by atoms with van der Waals surface area (Å²) in [6, 6.07) is 0. The van der Waals surface area contributed by atoms with Crippen molar-refractivity contribution in [2.24, 2.45) is 4.99 Å². The van der Waals surface area contributed by atoms with Gasteiger partial charge in [0.1, 0.15) is 9.84 Å². The molecule has 54 valence electrons. The Balaban J connectivity index is 0. The average molecular weight is 149 g/mol. The van der Waals surface area contributed by atoms with Gasteiger partial charge in [-0.05, 0) is 12.4 Å². The number of hydrogen-bond donors (Lipinski definition) is 0. The molecule has 9 heavy (non-hydrogen) atoms. The normalized spacial score (nSPS) is 8.33. The van der Waals surface area contributed by atoms with Crippen molar-refractivity contribution in [3.8, 4) is 0 Å². The first-order valence-corrected chi connectivity index (χ1v) is 4.47. The Labute approximate surface area is 56.0 Å². The van der Waals surface area contributed by atoms with Crippen molar-refractivity contribution in [3.05, 3.63) is 6.58 Å². The van der Waals surface area contributed by atoms with E-state index >= 15 is 0 Å². The van der Waals surface area contributed by atoms with Crippen LogP contribution in [0.5, 0.6) is 0 Å². The second kappa shape index (κ2) is 5.54. The highest BCUT2D eigenvalue weighted by Gasteiger charge is 1.79. The lowest BCUT2D eigenvalue weighted by Gasteiger charge is -1.69. The van der Waals surface area contributed by atoms with E-state index in [1.165, 1.54) is 0 Å². The minimum atomic E-state index is -2.67. The Bertz CT molecular complexity index is 179. The lowest BCUT2D eigenvalue weighted by Crippen LogP contribution is -1.86. The van der Waals surface area contributed by atoms with Gasteiger partial charge in [0.15, 0.2) is 0 Å². The van der Waals surface area contributed by atoms with Crippen LogP contribution in [0.2, 0.25) is 0 Å². The predicted octanol–water partition coefficient (Wildman–Crippen LogP) is 0.133. The molecule has 0 amide bonds. The van der Waals surface area contributed by atoms with E-state index in [-0.39, 0.29) is 0 Å². The number of nitrogens with zero attached hydrogens (tertiary/aromatic N) is 1. The lowest BCUT2D eigenvalue weighted by atomic mass is 11.1. The van der Waals surface area contributed by atoms with Gasteiger partial charge in [0.05, 0.1) is 0 Å². The summed E-state index contributed by atoms with van der Waals surface area (Å²) in [5.74, 6) is 2.31. The zero-order chi connectivity index (χ0) is 7.91. The van der Waals surface area contributed by atoms with Gasteiger partial charge in [-0.1, -0.05) is 0 Å². The van der Waals surface area contributed by atoms with Crippen LogP contribution >= 0.6 is 0 Å². The average Bonchev–Trinajstić information content (AvgIpc) is 1.61. The van der Waals surface area contributed by atoms with Crippen molar-refractivity contribution in [1.29, 1.82) is 0 Å². The molecule has 3 nitrogen and oxygen atoms in total. The summed E-state index contributed by atoms with van der Waals surface area (Å²) in [5, 5.41) is 0. The van der Waals surface area contributed by atoms with Crippen molar-refractivity contribution in [3.63, 3.8) is 0 Å². The van der Waals surface area contributed by atoms with Crippen LogP contribution in [0.15, 0.2) is 11.6 Å². The smallest absolute Gasteiger partial charge is 0.144 e. The number of hydrogen-bond acceptors (Lipinski definition) is 3. The first kappa shape index (κ1) is 11.2. The van der Waals surface area contributed by atoms with Crippen LogP contribution in [-0.2, 0) is 9.84 Å². The lowest BCUT2D eigenvalue weighted by molar-refractivity contribution is 0.607. The Hall–Kier alpha value is -0.600. The first-order valence-electron chi connectivity index (χ1n) is 2.17. The fraction of sp³-hybridized carbons (Fsp3) is 0.600. The first-order chi connectivity index (χ1) is 3.91. The number of sulfone groups is 1. The Morgan fingerprint density at radius 1 is 1.44 bits per heavy atom. The van der Waals surface area contributed by atoms with Crippen LogP contribution < -0.4 is 0 Å². The predicted molar refractivity (Wildman–Crippen MR) is 39.8 cm³/mol. The van der Waals surface area contributed by atoms with Crippen LogP contribution in [0, 0.1) is 0 Å². The van der Waals surface area contributed by atoms with Crippen LogP contribution in [0.1, 0.15) is 0 Å². The van der Waals surface area contributed by atoms with E-state index in [9.17, 15) is 8.42 Å². The zero-order valence-electron chi connectivity index (χ0n) is 5.88. The SMILES string of the molecule is C=C=NC.CS(C)(=O)=O. The molecule has 0 aromatic rings. The fourth-order valence-electron chi connectivity index (χ4n) is 0. The van der Waals surface area contributed by atoms with E-state index < -0.39 is 9.84 Å². The van der Waals surface area contributed by atoms with E-state index in [1.807, 2.05) is 0 Å². The van der Waals surface area contributed by atoms with Crippen molar-refractivity contribution >= 4 is 15.7 Å². The highest BCUT2D eigenvalue weighted by molar-refractivity contribution is 7.89. The van der Waals surface area contributed by atoms with Gasteiger partial charge >= 0.3 is 0 Å². The fourth-order valence-corrected chi connectivity index (χ4v) is 0. The van der Waals surface area contributed by atoms with Crippen molar-refractivity contribution in [2.45, 2.75) is 0 Å². The summed E-state index contributed by atoms with van der Waals surface area (Å²) in [4.78, 5) is 3.38. The summed E-state index contributed by atoms with van der Waals surface area (Å²) in [5.41, 5.74) is 0. The second-order valence-electron chi connectivity index (χ2n) is 1.52. The highest BCUT2D eigenvalue weighted by atomic mass is 32.2. The largest absolute Gasteiger partial charge is 0.247 e. The zero-order valence-corrected chi connectivity index (χ0v) is 6.70. The van der Waals surface area contributed by atoms with Gasteiger partial charge in [-0.25, -0.2) is 13.4 Å². The van der Waals surface area contributed by atoms with Gasteiger partial charge in [-0.15, -0.1) is 0 Å². The van der Waals surface area contributed by atoms with Crippen LogP contribution in [0.4, 0.5) is 0 Å². The molecule has 0 aliphatic rings. The minimum Gasteiger partial charge on any atom is -0.247 e. The number of rotatable bonds is 0. The van der Waals surface area contributed by atoms with E-state index in [1.54, 1.807) is 7.05 Å². The van der Waals surface area contributed by atoms with E-state index in [0.29, 0.717) is 0 Å². The van der Waals surface area contributed by atoms with Crippen molar-refractivity contribution in [1.82, 2.24) is 0 Å². The molecule has 0 aliphatic heterocycles. The molecular formula is C5H11NO2S. The molecule has 0 saturated carbocycles. The maximum atomic E-state index is 9.63. The monoisotopic (exact) mass is 149 g/mol. The van der Waals surface area contributed by atoms with Gasteiger partial charge in [0, 0.05) is 19.6 Å². The molecule has 0 radical (unpaired) electrons. The summed E-state index contributed by atoms with van der Waals surface area (Å²) >= 11 is 0.